The zero-order chi connectivity index (χ0) is 17.4. The molecule has 1 aliphatic heterocycles. The van der Waals surface area contributed by atoms with Gasteiger partial charge >= 0.3 is 0 Å². The van der Waals surface area contributed by atoms with E-state index in [4.69, 9.17) is 33.0 Å². The zero-order valence-electron chi connectivity index (χ0n) is 13.1. The standard InChI is InChI=1S/C17H12Cl2N4OS/c1-24-12-4-2-3-10(7-12)15-9-25-17-21-20-16(23(17)22-15)13-6-5-11(18)8-14(13)19/h2-8H,9H2,1H3. The smallest absolute Gasteiger partial charge is 0.212 e. The number of hydrogen-bond acceptors (Lipinski definition) is 5. The summed E-state index contributed by atoms with van der Waals surface area (Å²) in [5, 5.41) is 15.0. The molecule has 0 unspecified atom stereocenters. The van der Waals surface area contributed by atoms with Gasteiger partial charge in [-0.1, -0.05) is 47.1 Å². The van der Waals surface area contributed by atoms with Gasteiger partial charge in [-0.05, 0) is 30.3 Å². The van der Waals surface area contributed by atoms with Crippen LogP contribution in [0.25, 0.3) is 11.4 Å². The van der Waals surface area contributed by atoms with Gasteiger partial charge in [-0.2, -0.15) is 9.78 Å². The van der Waals surface area contributed by atoms with E-state index in [0.29, 0.717) is 21.6 Å². The van der Waals surface area contributed by atoms with Gasteiger partial charge in [0.15, 0.2) is 5.82 Å². The second-order valence-electron chi connectivity index (χ2n) is 5.31. The summed E-state index contributed by atoms with van der Waals surface area (Å²) in [6.45, 7) is 0. The number of aromatic nitrogens is 3. The Hall–Kier alpha value is -2.02. The molecule has 0 bridgehead atoms. The summed E-state index contributed by atoms with van der Waals surface area (Å²) in [6.07, 6.45) is 0. The van der Waals surface area contributed by atoms with Crippen LogP contribution in [0.5, 0.6) is 5.75 Å². The minimum Gasteiger partial charge on any atom is -0.497 e. The lowest BCUT2D eigenvalue weighted by atomic mass is 10.1. The summed E-state index contributed by atoms with van der Waals surface area (Å²) in [5.74, 6) is 2.09. The lowest BCUT2D eigenvalue weighted by Gasteiger charge is -2.14. The molecule has 0 N–H and O–H groups in total. The number of halogens is 2. The Kier molecular flexibility index (Phi) is 4.41. The summed E-state index contributed by atoms with van der Waals surface area (Å²) in [6, 6.07) is 13.1. The number of hydrogen-bond donors (Lipinski definition) is 0. The predicted octanol–water partition coefficient (Wildman–Crippen LogP) is 4.62. The maximum Gasteiger partial charge on any atom is 0.212 e. The van der Waals surface area contributed by atoms with Crippen molar-refractivity contribution in [3.05, 3.63) is 58.1 Å². The highest BCUT2D eigenvalue weighted by Crippen LogP contribution is 2.33. The maximum absolute atomic E-state index is 6.32. The Morgan fingerprint density at radius 2 is 2.00 bits per heavy atom. The van der Waals surface area contributed by atoms with Gasteiger partial charge in [0.1, 0.15) is 5.75 Å². The molecule has 0 atom stereocenters. The molecule has 0 radical (unpaired) electrons. The zero-order valence-corrected chi connectivity index (χ0v) is 15.4. The topological polar surface area (TPSA) is 52.3 Å². The Bertz CT molecular complexity index is 987. The number of fused-ring (bicyclic) bond motifs is 1. The van der Waals surface area contributed by atoms with Crippen LogP contribution in [-0.4, -0.2) is 33.4 Å². The van der Waals surface area contributed by atoms with Gasteiger partial charge in [0.2, 0.25) is 5.16 Å². The van der Waals surface area contributed by atoms with E-state index in [9.17, 15) is 0 Å². The monoisotopic (exact) mass is 390 g/mol. The average molecular weight is 391 g/mol. The van der Waals surface area contributed by atoms with Crippen molar-refractivity contribution in [2.45, 2.75) is 5.16 Å². The summed E-state index contributed by atoms with van der Waals surface area (Å²) < 4.78 is 7.02. The van der Waals surface area contributed by atoms with Gasteiger partial charge in [0.05, 0.1) is 17.8 Å². The largest absolute Gasteiger partial charge is 0.497 e. The molecule has 1 aliphatic rings. The molecule has 25 heavy (non-hydrogen) atoms. The van der Waals surface area contributed by atoms with Crippen molar-refractivity contribution >= 4 is 40.7 Å². The molecule has 8 heteroatoms. The van der Waals surface area contributed by atoms with E-state index in [-0.39, 0.29) is 0 Å². The molecule has 5 nitrogen and oxygen atoms in total. The fourth-order valence-electron chi connectivity index (χ4n) is 2.51. The molecule has 2 heterocycles. The van der Waals surface area contributed by atoms with Gasteiger partial charge in [-0.25, -0.2) is 0 Å². The predicted molar refractivity (Wildman–Crippen MR) is 101 cm³/mol. The first-order chi connectivity index (χ1) is 12.2. The third-order valence-corrected chi connectivity index (χ3v) is 5.22. The number of methoxy groups -OCH3 is 1. The van der Waals surface area contributed by atoms with Crippen LogP contribution in [-0.2, 0) is 0 Å². The van der Waals surface area contributed by atoms with Gasteiger partial charge in [0, 0.05) is 21.9 Å². The van der Waals surface area contributed by atoms with Crippen LogP contribution in [0.1, 0.15) is 5.56 Å². The van der Waals surface area contributed by atoms with E-state index in [1.165, 1.54) is 0 Å². The SMILES string of the molecule is COc1cccc(C2=Nn3c(nnc3-c3ccc(Cl)cc3Cl)SC2)c1. The Labute approximate surface area is 158 Å². The normalized spacial score (nSPS) is 13.3. The van der Waals surface area contributed by atoms with Crippen LogP contribution in [0.15, 0.2) is 52.7 Å². The highest BCUT2D eigenvalue weighted by Gasteiger charge is 2.22. The lowest BCUT2D eigenvalue weighted by molar-refractivity contribution is 0.414. The van der Waals surface area contributed by atoms with Crippen LogP contribution in [0.4, 0.5) is 0 Å². The molecule has 0 fully saturated rings. The van der Waals surface area contributed by atoms with Gasteiger partial charge < -0.3 is 4.74 Å². The van der Waals surface area contributed by atoms with Gasteiger partial charge in [0.25, 0.3) is 0 Å². The fraction of sp³-hybridized carbons (Fsp3) is 0.118. The average Bonchev–Trinajstić information content (AvgIpc) is 3.05. The molecule has 3 aromatic rings. The van der Waals surface area contributed by atoms with Gasteiger partial charge in [-0.3, -0.25) is 0 Å². The van der Waals surface area contributed by atoms with E-state index in [1.54, 1.807) is 35.7 Å². The van der Waals surface area contributed by atoms with E-state index in [2.05, 4.69) is 10.2 Å². The molecular formula is C17H12Cl2N4OS. The Morgan fingerprint density at radius 1 is 1.12 bits per heavy atom. The molecule has 0 aliphatic carbocycles. The number of rotatable bonds is 3. The highest BCUT2D eigenvalue weighted by molar-refractivity contribution is 7.99. The first kappa shape index (κ1) is 16.4. The number of thioether (sulfide) groups is 1. The molecule has 4 rings (SSSR count). The third kappa shape index (κ3) is 3.13. The van der Waals surface area contributed by atoms with Crippen molar-refractivity contribution in [3.63, 3.8) is 0 Å². The van der Waals surface area contributed by atoms with Crippen molar-refractivity contribution in [2.75, 3.05) is 12.9 Å². The molecule has 1 aromatic heterocycles. The van der Waals surface area contributed by atoms with Crippen molar-refractivity contribution < 1.29 is 4.74 Å². The molecule has 0 saturated heterocycles. The van der Waals surface area contributed by atoms with Crippen molar-refractivity contribution in [1.29, 1.82) is 0 Å². The van der Waals surface area contributed by atoms with E-state index in [1.807, 2.05) is 30.3 Å². The third-order valence-electron chi connectivity index (χ3n) is 3.75. The maximum atomic E-state index is 6.32. The summed E-state index contributed by atoms with van der Waals surface area (Å²) in [4.78, 5) is 0. The second-order valence-corrected chi connectivity index (χ2v) is 7.10. The Balaban J connectivity index is 1.80. The first-order valence-electron chi connectivity index (χ1n) is 7.41. The van der Waals surface area contributed by atoms with Gasteiger partial charge in [-0.15, -0.1) is 10.2 Å². The number of ether oxygens (including phenoxy) is 1. The first-order valence-corrected chi connectivity index (χ1v) is 9.16. The molecule has 0 amide bonds. The van der Waals surface area contributed by atoms with Crippen LogP contribution in [0.3, 0.4) is 0 Å². The van der Waals surface area contributed by atoms with Crippen LogP contribution in [0.2, 0.25) is 10.0 Å². The van der Waals surface area contributed by atoms with Crippen LogP contribution >= 0.6 is 35.0 Å². The number of benzene rings is 2. The van der Waals surface area contributed by atoms with E-state index in [0.717, 1.165) is 27.7 Å². The van der Waals surface area contributed by atoms with E-state index >= 15 is 0 Å². The highest BCUT2D eigenvalue weighted by atomic mass is 35.5. The molecule has 126 valence electrons. The molecule has 0 spiro atoms. The summed E-state index contributed by atoms with van der Waals surface area (Å²) >= 11 is 13.9. The lowest BCUT2D eigenvalue weighted by Crippen LogP contribution is -2.13. The summed E-state index contributed by atoms with van der Waals surface area (Å²) in [5.41, 5.74) is 2.66. The number of nitrogens with zero attached hydrogens (tertiary/aromatic N) is 4. The molecule has 0 saturated carbocycles. The quantitative estimate of drug-likeness (QED) is 0.654. The summed E-state index contributed by atoms with van der Waals surface area (Å²) in [7, 11) is 1.65. The van der Waals surface area contributed by atoms with Crippen molar-refractivity contribution in [2.24, 2.45) is 5.10 Å². The minimum atomic E-state index is 0.511. The van der Waals surface area contributed by atoms with Crippen LogP contribution in [0, 0.1) is 0 Å². The molecular weight excluding hydrogens is 379 g/mol. The fourth-order valence-corrected chi connectivity index (χ4v) is 3.84. The minimum absolute atomic E-state index is 0.511. The second kappa shape index (κ2) is 6.71. The van der Waals surface area contributed by atoms with Crippen molar-refractivity contribution in [3.8, 4) is 17.1 Å². The van der Waals surface area contributed by atoms with Crippen LogP contribution < -0.4 is 4.74 Å². The Morgan fingerprint density at radius 3 is 2.80 bits per heavy atom. The van der Waals surface area contributed by atoms with E-state index < -0.39 is 0 Å². The molecule has 2 aromatic carbocycles. The van der Waals surface area contributed by atoms with Crippen molar-refractivity contribution in [1.82, 2.24) is 14.9 Å².